The van der Waals surface area contributed by atoms with Crippen LogP contribution in [0.25, 0.3) is 0 Å². The molecule has 9 nitrogen and oxygen atoms in total. The van der Waals surface area contributed by atoms with Gasteiger partial charge in [0, 0.05) is 17.9 Å². The SMILES string of the molecule is CCOCCC(=O)NNC(=O)c1cccc(S(=O)(=O)Nc2ccc(OC)cc2)c1. The van der Waals surface area contributed by atoms with Gasteiger partial charge < -0.3 is 9.47 Å². The lowest BCUT2D eigenvalue weighted by Crippen LogP contribution is -2.42. The number of methoxy groups -OCH3 is 1. The zero-order valence-electron chi connectivity index (χ0n) is 16.1. The molecule has 0 aromatic heterocycles. The van der Waals surface area contributed by atoms with Crippen LogP contribution in [0.3, 0.4) is 0 Å². The first-order valence-electron chi connectivity index (χ1n) is 8.79. The second kappa shape index (κ2) is 10.4. The zero-order chi connectivity index (χ0) is 21.3. The van der Waals surface area contributed by atoms with Gasteiger partial charge in [-0.15, -0.1) is 0 Å². The molecule has 156 valence electrons. The number of anilines is 1. The molecule has 2 rings (SSSR count). The van der Waals surface area contributed by atoms with Crippen LogP contribution in [0.4, 0.5) is 5.69 Å². The number of carbonyl (C=O) groups excluding carboxylic acids is 2. The molecule has 3 N–H and O–H groups in total. The summed E-state index contributed by atoms with van der Waals surface area (Å²) in [5.41, 5.74) is 4.92. The summed E-state index contributed by atoms with van der Waals surface area (Å²) in [6, 6.07) is 11.8. The smallest absolute Gasteiger partial charge is 0.269 e. The quantitative estimate of drug-likeness (QED) is 0.418. The fourth-order valence-corrected chi connectivity index (χ4v) is 3.35. The number of ether oxygens (including phenoxy) is 2. The number of nitrogens with one attached hydrogen (secondary N) is 3. The molecule has 0 saturated carbocycles. The normalized spacial score (nSPS) is 10.8. The molecule has 10 heteroatoms. The Labute approximate surface area is 169 Å². The van der Waals surface area contributed by atoms with E-state index < -0.39 is 21.8 Å². The summed E-state index contributed by atoms with van der Waals surface area (Å²) in [6.07, 6.45) is 0.0916. The van der Waals surface area contributed by atoms with E-state index in [1.807, 2.05) is 6.92 Å². The van der Waals surface area contributed by atoms with Crippen LogP contribution >= 0.6 is 0 Å². The number of hydrogen-bond acceptors (Lipinski definition) is 6. The van der Waals surface area contributed by atoms with Gasteiger partial charge in [0.25, 0.3) is 15.9 Å². The third kappa shape index (κ3) is 6.77. The molecule has 0 spiro atoms. The third-order valence-corrected chi connectivity index (χ3v) is 5.12. The lowest BCUT2D eigenvalue weighted by molar-refractivity contribution is -0.122. The van der Waals surface area contributed by atoms with Gasteiger partial charge in [0.05, 0.1) is 25.0 Å². The van der Waals surface area contributed by atoms with Crippen molar-refractivity contribution in [3.63, 3.8) is 0 Å². The summed E-state index contributed by atoms with van der Waals surface area (Å²) in [7, 11) is -2.40. The Bertz CT molecular complexity index is 945. The molecular weight excluding hydrogens is 398 g/mol. The highest BCUT2D eigenvalue weighted by atomic mass is 32.2. The molecule has 2 aromatic carbocycles. The molecular formula is C19H23N3O6S. The van der Waals surface area contributed by atoms with Crippen LogP contribution in [0, 0.1) is 0 Å². The molecule has 0 unspecified atom stereocenters. The van der Waals surface area contributed by atoms with E-state index in [0.29, 0.717) is 18.0 Å². The molecule has 0 fully saturated rings. The van der Waals surface area contributed by atoms with Crippen molar-refractivity contribution in [3.05, 3.63) is 54.1 Å². The maximum Gasteiger partial charge on any atom is 0.269 e. The summed E-state index contributed by atoms with van der Waals surface area (Å²) >= 11 is 0. The Balaban J connectivity index is 2.03. The molecule has 0 radical (unpaired) electrons. The van der Waals surface area contributed by atoms with Crippen LogP contribution in [0.2, 0.25) is 0 Å². The molecule has 2 aromatic rings. The van der Waals surface area contributed by atoms with E-state index in [4.69, 9.17) is 9.47 Å². The minimum Gasteiger partial charge on any atom is -0.497 e. The summed E-state index contributed by atoms with van der Waals surface area (Å²) in [6.45, 7) is 2.54. The number of hydrogen-bond donors (Lipinski definition) is 3. The minimum atomic E-state index is -3.91. The van der Waals surface area contributed by atoms with E-state index in [1.165, 1.54) is 31.4 Å². The van der Waals surface area contributed by atoms with Gasteiger partial charge >= 0.3 is 0 Å². The monoisotopic (exact) mass is 421 g/mol. The van der Waals surface area contributed by atoms with E-state index in [-0.39, 0.29) is 23.5 Å². The van der Waals surface area contributed by atoms with E-state index in [2.05, 4.69) is 15.6 Å². The Hall–Kier alpha value is -3.11. The number of hydrazine groups is 1. The molecule has 0 aliphatic carbocycles. The van der Waals surface area contributed by atoms with Crippen molar-refractivity contribution in [1.29, 1.82) is 0 Å². The summed E-state index contributed by atoms with van der Waals surface area (Å²) < 4.78 is 37.7. The zero-order valence-corrected chi connectivity index (χ0v) is 16.9. The average Bonchev–Trinajstić information content (AvgIpc) is 2.72. The van der Waals surface area contributed by atoms with Crippen molar-refractivity contribution in [2.24, 2.45) is 0 Å². The lowest BCUT2D eigenvalue weighted by Gasteiger charge is -2.11. The van der Waals surface area contributed by atoms with Gasteiger partial charge in [-0.25, -0.2) is 8.42 Å². The van der Waals surface area contributed by atoms with Crippen molar-refractivity contribution in [2.45, 2.75) is 18.2 Å². The molecule has 2 amide bonds. The molecule has 0 atom stereocenters. The van der Waals surface area contributed by atoms with Gasteiger partial charge in [-0.3, -0.25) is 25.2 Å². The summed E-state index contributed by atoms with van der Waals surface area (Å²) in [5.74, 6) is -0.470. The average molecular weight is 421 g/mol. The maximum atomic E-state index is 12.6. The molecule has 0 saturated heterocycles. The summed E-state index contributed by atoms with van der Waals surface area (Å²) in [5, 5.41) is 0. The number of sulfonamides is 1. The van der Waals surface area contributed by atoms with E-state index in [0.717, 1.165) is 0 Å². The third-order valence-electron chi connectivity index (χ3n) is 3.74. The van der Waals surface area contributed by atoms with Crippen molar-refractivity contribution >= 4 is 27.5 Å². The Kier molecular flexibility index (Phi) is 7.98. The highest BCUT2D eigenvalue weighted by Crippen LogP contribution is 2.20. The van der Waals surface area contributed by atoms with Crippen LogP contribution in [0.1, 0.15) is 23.7 Å². The Morgan fingerprint density at radius 2 is 1.76 bits per heavy atom. The first kappa shape index (κ1) is 22.2. The van der Waals surface area contributed by atoms with Gasteiger partial charge in [-0.05, 0) is 49.4 Å². The van der Waals surface area contributed by atoms with Crippen LogP contribution in [0.5, 0.6) is 5.75 Å². The van der Waals surface area contributed by atoms with E-state index in [1.54, 1.807) is 24.3 Å². The van der Waals surface area contributed by atoms with Gasteiger partial charge in [0.1, 0.15) is 5.75 Å². The number of rotatable bonds is 9. The molecule has 0 bridgehead atoms. The fourth-order valence-electron chi connectivity index (χ4n) is 2.25. The molecule has 0 aliphatic rings. The summed E-state index contributed by atoms with van der Waals surface area (Å²) in [4.78, 5) is 23.7. The highest BCUT2D eigenvalue weighted by Gasteiger charge is 2.17. The van der Waals surface area contributed by atoms with Crippen LogP contribution < -0.4 is 20.3 Å². The maximum absolute atomic E-state index is 12.6. The number of amides is 2. The van der Waals surface area contributed by atoms with Crippen LogP contribution in [-0.2, 0) is 19.6 Å². The molecule has 29 heavy (non-hydrogen) atoms. The highest BCUT2D eigenvalue weighted by molar-refractivity contribution is 7.92. The predicted octanol–water partition coefficient (Wildman–Crippen LogP) is 1.68. The topological polar surface area (TPSA) is 123 Å². The van der Waals surface area contributed by atoms with Crippen LogP contribution in [0.15, 0.2) is 53.4 Å². The first-order chi connectivity index (χ1) is 13.9. The van der Waals surface area contributed by atoms with Gasteiger partial charge in [0.2, 0.25) is 5.91 Å². The predicted molar refractivity (Wildman–Crippen MR) is 107 cm³/mol. The van der Waals surface area contributed by atoms with Crippen LogP contribution in [-0.4, -0.2) is 40.6 Å². The standard InChI is InChI=1S/C19H23N3O6S/c1-3-28-12-11-18(23)20-21-19(24)14-5-4-6-17(13-14)29(25,26)22-15-7-9-16(27-2)10-8-15/h4-10,13,22H,3,11-12H2,1-2H3,(H,20,23)(H,21,24). The Morgan fingerprint density at radius 1 is 1.03 bits per heavy atom. The largest absolute Gasteiger partial charge is 0.497 e. The molecule has 0 aliphatic heterocycles. The van der Waals surface area contributed by atoms with Gasteiger partial charge in [0.15, 0.2) is 0 Å². The van der Waals surface area contributed by atoms with Crippen molar-refractivity contribution in [1.82, 2.24) is 10.9 Å². The molecule has 0 heterocycles. The van der Waals surface area contributed by atoms with Crippen molar-refractivity contribution < 1.29 is 27.5 Å². The first-order valence-corrected chi connectivity index (χ1v) is 10.3. The van der Waals surface area contributed by atoms with E-state index in [9.17, 15) is 18.0 Å². The lowest BCUT2D eigenvalue weighted by atomic mass is 10.2. The number of carbonyl (C=O) groups is 2. The second-order valence-corrected chi connectivity index (χ2v) is 7.49. The fraction of sp³-hybridized carbons (Fsp3) is 0.263. The van der Waals surface area contributed by atoms with Crippen molar-refractivity contribution in [3.8, 4) is 5.75 Å². The van der Waals surface area contributed by atoms with E-state index >= 15 is 0 Å². The second-order valence-electron chi connectivity index (χ2n) is 5.81. The van der Waals surface area contributed by atoms with Crippen molar-refractivity contribution in [2.75, 3.05) is 25.0 Å². The minimum absolute atomic E-state index is 0.0766. The van der Waals surface area contributed by atoms with Gasteiger partial charge in [-0.1, -0.05) is 6.07 Å². The number of benzene rings is 2. The Morgan fingerprint density at radius 3 is 2.41 bits per heavy atom. The van der Waals surface area contributed by atoms with Gasteiger partial charge in [-0.2, -0.15) is 0 Å².